The molecule has 4 nitrogen and oxygen atoms in total. The Morgan fingerprint density at radius 1 is 1.35 bits per heavy atom. The van der Waals surface area contributed by atoms with Crippen molar-refractivity contribution in [1.29, 1.82) is 0 Å². The van der Waals surface area contributed by atoms with Gasteiger partial charge in [-0.25, -0.2) is 0 Å². The van der Waals surface area contributed by atoms with E-state index in [9.17, 15) is 10.2 Å². The van der Waals surface area contributed by atoms with Crippen LogP contribution in [0.25, 0.3) is 0 Å². The minimum absolute atomic E-state index is 0.126. The molecule has 1 aromatic rings. The molecule has 0 bridgehead atoms. The Morgan fingerprint density at radius 3 is 2.55 bits per heavy atom. The van der Waals surface area contributed by atoms with Gasteiger partial charge in [0.15, 0.2) is 0 Å². The van der Waals surface area contributed by atoms with E-state index in [2.05, 4.69) is 21.2 Å². The summed E-state index contributed by atoms with van der Waals surface area (Å²) < 4.78 is 6.50. The molecule has 0 amide bonds. The first-order chi connectivity index (χ1) is 9.56. The molecule has 6 heteroatoms. The number of rotatable bonds is 9. The van der Waals surface area contributed by atoms with Crippen molar-refractivity contribution < 1.29 is 14.9 Å². The number of ether oxygens (including phenoxy) is 1. The molecule has 114 valence electrons. The Bertz CT molecular complexity index is 373. The van der Waals surface area contributed by atoms with Crippen LogP contribution in [0.5, 0.6) is 5.75 Å². The lowest BCUT2D eigenvalue weighted by molar-refractivity contribution is 0.103. The van der Waals surface area contributed by atoms with Crippen molar-refractivity contribution in [3.63, 3.8) is 0 Å². The summed E-state index contributed by atoms with van der Waals surface area (Å²) in [6.07, 6.45) is 1.38. The molecular formula is C14H22BrNO3S. The van der Waals surface area contributed by atoms with Crippen molar-refractivity contribution in [2.75, 3.05) is 26.0 Å². The summed E-state index contributed by atoms with van der Waals surface area (Å²) in [4.78, 5) is 0. The zero-order chi connectivity index (χ0) is 15.0. The number of halogens is 1. The van der Waals surface area contributed by atoms with Crippen LogP contribution in [0, 0.1) is 0 Å². The maximum Gasteiger partial charge on any atom is 0.119 e. The SMILES string of the molecule is CSC(CO)C(C)NCC(O)COc1ccc(Br)cc1. The van der Waals surface area contributed by atoms with Gasteiger partial charge in [-0.2, -0.15) is 11.8 Å². The summed E-state index contributed by atoms with van der Waals surface area (Å²) in [6, 6.07) is 7.63. The predicted molar refractivity (Wildman–Crippen MR) is 87.5 cm³/mol. The van der Waals surface area contributed by atoms with Gasteiger partial charge in [0.25, 0.3) is 0 Å². The minimum Gasteiger partial charge on any atom is -0.491 e. The Kier molecular flexibility index (Phi) is 8.56. The highest BCUT2D eigenvalue weighted by Gasteiger charge is 2.16. The van der Waals surface area contributed by atoms with Crippen LogP contribution in [0.1, 0.15) is 6.92 Å². The summed E-state index contributed by atoms with van der Waals surface area (Å²) in [5.41, 5.74) is 0. The molecule has 3 atom stereocenters. The number of hydrogen-bond acceptors (Lipinski definition) is 5. The highest BCUT2D eigenvalue weighted by molar-refractivity contribution is 9.10. The number of hydrogen-bond donors (Lipinski definition) is 3. The predicted octanol–water partition coefficient (Wildman–Crippen LogP) is 1.89. The zero-order valence-corrected chi connectivity index (χ0v) is 14.2. The average molecular weight is 364 g/mol. The van der Waals surface area contributed by atoms with E-state index < -0.39 is 6.10 Å². The Balaban J connectivity index is 2.26. The third-order valence-electron chi connectivity index (χ3n) is 2.97. The first kappa shape index (κ1) is 17.8. The van der Waals surface area contributed by atoms with Crippen molar-refractivity contribution in [2.45, 2.75) is 24.3 Å². The molecule has 3 unspecified atom stereocenters. The lowest BCUT2D eigenvalue weighted by Gasteiger charge is -2.23. The Hall–Kier alpha value is -0.270. The summed E-state index contributed by atoms with van der Waals surface area (Å²) in [5, 5.41) is 22.4. The van der Waals surface area contributed by atoms with Crippen molar-refractivity contribution in [3.8, 4) is 5.75 Å². The van der Waals surface area contributed by atoms with E-state index in [1.54, 1.807) is 11.8 Å². The quantitative estimate of drug-likeness (QED) is 0.625. The number of aliphatic hydroxyl groups excluding tert-OH is 2. The second-order valence-electron chi connectivity index (χ2n) is 4.57. The van der Waals surface area contributed by atoms with Crippen molar-refractivity contribution in [2.24, 2.45) is 0 Å². The maximum atomic E-state index is 9.88. The lowest BCUT2D eigenvalue weighted by Crippen LogP contribution is -2.42. The van der Waals surface area contributed by atoms with E-state index in [0.29, 0.717) is 6.54 Å². The highest BCUT2D eigenvalue weighted by Crippen LogP contribution is 2.16. The Labute approximate surface area is 133 Å². The largest absolute Gasteiger partial charge is 0.491 e. The van der Waals surface area contributed by atoms with Gasteiger partial charge in [-0.3, -0.25) is 0 Å². The van der Waals surface area contributed by atoms with E-state index in [4.69, 9.17) is 4.74 Å². The molecule has 0 aliphatic heterocycles. The van der Waals surface area contributed by atoms with Crippen LogP contribution < -0.4 is 10.1 Å². The van der Waals surface area contributed by atoms with Gasteiger partial charge in [-0.15, -0.1) is 0 Å². The highest BCUT2D eigenvalue weighted by atomic mass is 79.9. The summed E-state index contributed by atoms with van der Waals surface area (Å²) in [7, 11) is 0. The molecule has 0 fully saturated rings. The van der Waals surface area contributed by atoms with Crippen molar-refractivity contribution in [1.82, 2.24) is 5.32 Å². The summed E-state index contributed by atoms with van der Waals surface area (Å²) in [6.45, 7) is 2.81. The van der Waals surface area contributed by atoms with E-state index >= 15 is 0 Å². The van der Waals surface area contributed by atoms with Gasteiger partial charge in [0, 0.05) is 22.3 Å². The second kappa shape index (κ2) is 9.63. The van der Waals surface area contributed by atoms with Crippen LogP contribution in [0.2, 0.25) is 0 Å². The smallest absolute Gasteiger partial charge is 0.119 e. The molecule has 0 aliphatic carbocycles. The molecule has 0 spiro atoms. The Morgan fingerprint density at radius 2 is 2.00 bits per heavy atom. The molecular weight excluding hydrogens is 342 g/mol. The van der Waals surface area contributed by atoms with Crippen LogP contribution in [0.4, 0.5) is 0 Å². The van der Waals surface area contributed by atoms with E-state index in [0.717, 1.165) is 10.2 Å². The summed E-state index contributed by atoms with van der Waals surface area (Å²) >= 11 is 4.97. The van der Waals surface area contributed by atoms with Crippen LogP contribution >= 0.6 is 27.7 Å². The first-order valence-electron chi connectivity index (χ1n) is 6.50. The van der Waals surface area contributed by atoms with Gasteiger partial charge in [-0.1, -0.05) is 15.9 Å². The fourth-order valence-corrected chi connectivity index (χ4v) is 2.59. The van der Waals surface area contributed by atoms with Crippen LogP contribution in [-0.4, -0.2) is 53.6 Å². The van der Waals surface area contributed by atoms with Crippen molar-refractivity contribution >= 4 is 27.7 Å². The van der Waals surface area contributed by atoms with Gasteiger partial charge < -0.3 is 20.3 Å². The molecule has 0 aromatic heterocycles. The standard InChI is InChI=1S/C14H22BrNO3S/c1-10(14(8-17)20-2)16-7-12(18)9-19-13-5-3-11(15)4-6-13/h3-6,10,12,14,16-18H,7-9H2,1-2H3. The number of thioether (sulfide) groups is 1. The van der Waals surface area contributed by atoms with Crippen LogP contribution in [0.15, 0.2) is 28.7 Å². The zero-order valence-electron chi connectivity index (χ0n) is 11.8. The molecule has 0 saturated carbocycles. The van der Waals surface area contributed by atoms with Crippen LogP contribution in [-0.2, 0) is 0 Å². The molecule has 3 N–H and O–H groups in total. The van der Waals surface area contributed by atoms with Crippen molar-refractivity contribution in [3.05, 3.63) is 28.7 Å². The summed E-state index contributed by atoms with van der Waals surface area (Å²) in [5.74, 6) is 0.734. The second-order valence-corrected chi connectivity index (χ2v) is 6.56. The number of nitrogens with one attached hydrogen (secondary N) is 1. The van der Waals surface area contributed by atoms with Gasteiger partial charge in [0.2, 0.25) is 0 Å². The molecule has 0 heterocycles. The van der Waals surface area contributed by atoms with E-state index in [1.165, 1.54) is 0 Å². The lowest BCUT2D eigenvalue weighted by atomic mass is 10.2. The normalized spacial score (nSPS) is 15.7. The molecule has 20 heavy (non-hydrogen) atoms. The third kappa shape index (κ3) is 6.45. The topological polar surface area (TPSA) is 61.7 Å². The average Bonchev–Trinajstić information content (AvgIpc) is 2.45. The van der Waals surface area contributed by atoms with Gasteiger partial charge >= 0.3 is 0 Å². The minimum atomic E-state index is -0.581. The van der Waals surface area contributed by atoms with E-state index in [1.807, 2.05) is 37.4 Å². The number of benzene rings is 1. The fraction of sp³-hybridized carbons (Fsp3) is 0.571. The van der Waals surface area contributed by atoms with Crippen LogP contribution in [0.3, 0.4) is 0 Å². The maximum absolute atomic E-state index is 9.88. The van der Waals surface area contributed by atoms with Gasteiger partial charge in [0.05, 0.1) is 6.61 Å². The fourth-order valence-electron chi connectivity index (χ4n) is 1.67. The molecule has 0 aliphatic rings. The van der Waals surface area contributed by atoms with E-state index in [-0.39, 0.29) is 24.5 Å². The van der Waals surface area contributed by atoms with Gasteiger partial charge in [-0.05, 0) is 37.4 Å². The first-order valence-corrected chi connectivity index (χ1v) is 8.58. The monoisotopic (exact) mass is 363 g/mol. The molecule has 1 rings (SSSR count). The molecule has 0 saturated heterocycles. The third-order valence-corrected chi connectivity index (χ3v) is 4.66. The molecule has 0 radical (unpaired) electrons. The number of aliphatic hydroxyl groups is 2. The van der Waals surface area contributed by atoms with Gasteiger partial charge in [0.1, 0.15) is 18.5 Å². The molecule has 1 aromatic carbocycles.